The van der Waals surface area contributed by atoms with E-state index >= 15 is 0 Å². The van der Waals surface area contributed by atoms with Crippen molar-refractivity contribution in [2.24, 2.45) is 5.92 Å². The molecule has 23 heavy (non-hydrogen) atoms. The molecule has 2 rings (SSSR count). The number of thioether (sulfide) groups is 1. The van der Waals surface area contributed by atoms with Gasteiger partial charge in [-0.2, -0.15) is 0 Å². The number of ether oxygens (including phenoxy) is 1. The van der Waals surface area contributed by atoms with E-state index in [9.17, 15) is 18.0 Å². The molecular formula is C15H25NO5S2. The van der Waals surface area contributed by atoms with Gasteiger partial charge in [0.1, 0.15) is 0 Å². The van der Waals surface area contributed by atoms with Crippen molar-refractivity contribution in [2.45, 2.75) is 50.3 Å². The zero-order valence-electron chi connectivity index (χ0n) is 13.5. The summed E-state index contributed by atoms with van der Waals surface area (Å²) in [7, 11) is -2.93. The van der Waals surface area contributed by atoms with Crippen LogP contribution in [0, 0.1) is 5.92 Å². The smallest absolute Gasteiger partial charge is 0.316 e. The minimum absolute atomic E-state index is 0.0375. The Balaban J connectivity index is 1.61. The van der Waals surface area contributed by atoms with E-state index in [1.165, 1.54) is 18.2 Å². The molecule has 2 aliphatic rings. The fraction of sp³-hybridized carbons (Fsp3) is 0.867. The van der Waals surface area contributed by atoms with Crippen molar-refractivity contribution in [1.82, 2.24) is 5.32 Å². The van der Waals surface area contributed by atoms with Gasteiger partial charge in [-0.3, -0.25) is 9.59 Å². The largest absolute Gasteiger partial charge is 0.455 e. The summed E-state index contributed by atoms with van der Waals surface area (Å²) in [6.45, 7) is 1.87. The Morgan fingerprint density at radius 2 is 1.96 bits per heavy atom. The number of carbonyl (C=O) groups excluding carboxylic acids is 2. The molecule has 132 valence electrons. The molecule has 3 atom stereocenters. The molecule has 0 aromatic heterocycles. The highest BCUT2D eigenvalue weighted by Crippen LogP contribution is 2.24. The number of sulfone groups is 1. The fourth-order valence-corrected chi connectivity index (χ4v) is 6.48. The summed E-state index contributed by atoms with van der Waals surface area (Å²) >= 11 is 1.30. The summed E-state index contributed by atoms with van der Waals surface area (Å²) in [6, 6.07) is 0.174. The van der Waals surface area contributed by atoms with Crippen LogP contribution in [-0.2, 0) is 24.2 Å². The molecule has 1 N–H and O–H groups in total. The average molecular weight is 364 g/mol. The standard InChI is InChI=1S/C15H25NO5S2/c1-11-4-2-3-5-13(11)16-14(17)8-21-15(18)9-22-12-6-7-23(19,20)10-12/h11-13H,2-10H2,1H3,(H,16,17)/t11-,12-,13+/m1/s1. The molecule has 2 fully saturated rings. The molecule has 0 aromatic rings. The SMILES string of the molecule is C[C@@H]1CCCC[C@@H]1NC(=O)COC(=O)CS[C@@H]1CCS(=O)(=O)C1. The third-order valence-electron chi connectivity index (χ3n) is 4.45. The summed E-state index contributed by atoms with van der Waals surface area (Å²) in [6.07, 6.45) is 5.01. The van der Waals surface area contributed by atoms with Crippen LogP contribution in [0.5, 0.6) is 0 Å². The molecule has 6 nitrogen and oxygen atoms in total. The molecule has 0 radical (unpaired) electrons. The van der Waals surface area contributed by atoms with Crippen LogP contribution in [0.1, 0.15) is 39.0 Å². The van der Waals surface area contributed by atoms with Crippen molar-refractivity contribution >= 4 is 33.5 Å². The highest BCUT2D eigenvalue weighted by Gasteiger charge is 2.29. The van der Waals surface area contributed by atoms with Gasteiger partial charge in [-0.15, -0.1) is 11.8 Å². The Morgan fingerprint density at radius 3 is 2.61 bits per heavy atom. The summed E-state index contributed by atoms with van der Waals surface area (Å²) in [4.78, 5) is 23.5. The summed E-state index contributed by atoms with van der Waals surface area (Å²) in [5, 5.41) is 2.89. The van der Waals surface area contributed by atoms with Gasteiger partial charge in [0.05, 0.1) is 17.3 Å². The molecule has 1 aliphatic heterocycles. The number of carbonyl (C=O) groups is 2. The lowest BCUT2D eigenvalue weighted by Crippen LogP contribution is -2.43. The average Bonchev–Trinajstić information content (AvgIpc) is 2.85. The maximum absolute atomic E-state index is 11.8. The minimum Gasteiger partial charge on any atom is -0.455 e. The van der Waals surface area contributed by atoms with Gasteiger partial charge < -0.3 is 10.1 Å². The number of esters is 1. The normalized spacial score (nSPS) is 29.9. The van der Waals surface area contributed by atoms with Crippen LogP contribution >= 0.6 is 11.8 Å². The molecule has 0 bridgehead atoms. The van der Waals surface area contributed by atoms with Gasteiger partial charge in [-0.1, -0.05) is 19.8 Å². The topological polar surface area (TPSA) is 89.5 Å². The predicted molar refractivity (Wildman–Crippen MR) is 90.0 cm³/mol. The van der Waals surface area contributed by atoms with Crippen LogP contribution in [0.3, 0.4) is 0 Å². The van der Waals surface area contributed by atoms with E-state index in [0.29, 0.717) is 12.3 Å². The highest BCUT2D eigenvalue weighted by atomic mass is 32.2. The first-order chi connectivity index (χ1) is 10.9. The van der Waals surface area contributed by atoms with Gasteiger partial charge in [0.25, 0.3) is 5.91 Å². The van der Waals surface area contributed by atoms with Crippen LogP contribution in [0.15, 0.2) is 0 Å². The highest BCUT2D eigenvalue weighted by molar-refractivity contribution is 8.02. The molecule has 1 saturated heterocycles. The van der Waals surface area contributed by atoms with E-state index in [1.807, 2.05) is 0 Å². The first kappa shape index (κ1) is 18.6. The van der Waals surface area contributed by atoms with Gasteiger partial charge in [0, 0.05) is 11.3 Å². The van der Waals surface area contributed by atoms with E-state index in [2.05, 4.69) is 12.2 Å². The molecule has 1 amide bonds. The lowest BCUT2D eigenvalue weighted by atomic mass is 9.86. The number of amides is 1. The Labute approximate surface area is 142 Å². The van der Waals surface area contributed by atoms with Crippen molar-refractivity contribution in [3.05, 3.63) is 0 Å². The summed E-state index contributed by atoms with van der Waals surface area (Å²) in [5.41, 5.74) is 0. The number of hydrogen-bond donors (Lipinski definition) is 1. The van der Waals surface area contributed by atoms with Gasteiger partial charge in [-0.05, 0) is 25.2 Å². The van der Waals surface area contributed by atoms with Gasteiger partial charge in [-0.25, -0.2) is 8.42 Å². The van der Waals surface area contributed by atoms with Gasteiger partial charge in [0.15, 0.2) is 16.4 Å². The molecular weight excluding hydrogens is 338 g/mol. The Kier molecular flexibility index (Phi) is 6.76. The second-order valence-corrected chi connectivity index (χ2v) is 9.95. The monoisotopic (exact) mass is 363 g/mol. The fourth-order valence-electron chi connectivity index (χ4n) is 3.05. The third-order valence-corrected chi connectivity index (χ3v) is 7.70. The Bertz CT molecular complexity index is 534. The Morgan fingerprint density at radius 1 is 1.22 bits per heavy atom. The van der Waals surface area contributed by atoms with Crippen molar-refractivity contribution in [3.63, 3.8) is 0 Å². The molecule has 0 unspecified atom stereocenters. The number of hydrogen-bond acceptors (Lipinski definition) is 6. The van der Waals surface area contributed by atoms with Crippen molar-refractivity contribution < 1.29 is 22.7 Å². The second-order valence-electron chi connectivity index (χ2n) is 6.43. The minimum atomic E-state index is -2.93. The van der Waals surface area contributed by atoms with Crippen molar-refractivity contribution in [2.75, 3.05) is 23.9 Å². The van der Waals surface area contributed by atoms with E-state index in [0.717, 1.165) is 19.3 Å². The predicted octanol–water partition coefficient (Wildman–Crippen LogP) is 1.14. The second kappa shape index (κ2) is 8.37. The van der Waals surface area contributed by atoms with E-state index < -0.39 is 15.8 Å². The zero-order valence-corrected chi connectivity index (χ0v) is 15.1. The molecule has 1 heterocycles. The quantitative estimate of drug-likeness (QED) is 0.712. The van der Waals surface area contributed by atoms with Crippen molar-refractivity contribution in [1.29, 1.82) is 0 Å². The van der Waals surface area contributed by atoms with Crippen LogP contribution in [0.25, 0.3) is 0 Å². The maximum Gasteiger partial charge on any atom is 0.316 e. The third kappa shape index (κ3) is 6.33. The first-order valence-corrected chi connectivity index (χ1v) is 11.0. The van der Waals surface area contributed by atoms with Gasteiger partial charge in [0.2, 0.25) is 0 Å². The van der Waals surface area contributed by atoms with E-state index in [-0.39, 0.29) is 41.1 Å². The van der Waals surface area contributed by atoms with E-state index in [4.69, 9.17) is 4.74 Å². The molecule has 1 saturated carbocycles. The zero-order chi connectivity index (χ0) is 16.9. The van der Waals surface area contributed by atoms with Crippen LogP contribution in [0.2, 0.25) is 0 Å². The lowest BCUT2D eigenvalue weighted by molar-refractivity contribution is -0.146. The summed E-state index contributed by atoms with van der Waals surface area (Å²) < 4.78 is 27.6. The number of rotatable bonds is 6. The van der Waals surface area contributed by atoms with E-state index in [1.54, 1.807) is 0 Å². The molecule has 0 spiro atoms. The summed E-state index contributed by atoms with van der Waals surface area (Å²) in [5.74, 6) is 0.153. The van der Waals surface area contributed by atoms with Crippen LogP contribution in [0.4, 0.5) is 0 Å². The molecule has 0 aromatic carbocycles. The molecule has 8 heteroatoms. The Hall–Kier alpha value is -0.760. The molecule has 1 aliphatic carbocycles. The van der Waals surface area contributed by atoms with Crippen molar-refractivity contribution in [3.8, 4) is 0 Å². The maximum atomic E-state index is 11.8. The van der Waals surface area contributed by atoms with Crippen LogP contribution < -0.4 is 5.32 Å². The number of nitrogens with one attached hydrogen (secondary N) is 1. The lowest BCUT2D eigenvalue weighted by Gasteiger charge is -2.29. The van der Waals surface area contributed by atoms with Crippen LogP contribution in [-0.4, -0.2) is 55.5 Å². The first-order valence-electron chi connectivity index (χ1n) is 8.13. The van der Waals surface area contributed by atoms with Gasteiger partial charge >= 0.3 is 5.97 Å².